The van der Waals surface area contributed by atoms with Gasteiger partial charge in [-0.15, -0.1) is 0 Å². The number of nitrogens with zero attached hydrogens (tertiary/aromatic N) is 2. The lowest BCUT2D eigenvalue weighted by Crippen LogP contribution is -2.50. The van der Waals surface area contributed by atoms with Gasteiger partial charge in [0.2, 0.25) is 5.91 Å². The quantitative estimate of drug-likeness (QED) is 0.509. The number of para-hydroxylation sites is 2. The molecule has 3 aromatic rings. The molecule has 4 rings (SSSR count). The zero-order chi connectivity index (χ0) is 24.8. The summed E-state index contributed by atoms with van der Waals surface area (Å²) in [6.45, 7) is 7.02. The van der Waals surface area contributed by atoms with Crippen molar-refractivity contribution >= 4 is 29.1 Å². The Bertz CT molecular complexity index is 1170. The molecule has 182 valence electrons. The van der Waals surface area contributed by atoms with Crippen LogP contribution in [0.2, 0.25) is 5.02 Å². The van der Waals surface area contributed by atoms with Crippen molar-refractivity contribution in [2.45, 2.75) is 20.5 Å². The highest BCUT2D eigenvalue weighted by atomic mass is 35.5. The molecule has 0 aromatic heterocycles. The number of hydrogen-bond donors (Lipinski definition) is 1. The number of halogens is 1. The minimum absolute atomic E-state index is 0.0388. The molecule has 1 heterocycles. The fourth-order valence-electron chi connectivity index (χ4n) is 4.18. The van der Waals surface area contributed by atoms with Crippen LogP contribution in [0.1, 0.15) is 27.0 Å². The number of aryl methyl sites for hydroxylation is 2. The van der Waals surface area contributed by atoms with Crippen LogP contribution in [0.15, 0.2) is 66.7 Å². The van der Waals surface area contributed by atoms with Crippen molar-refractivity contribution in [3.8, 4) is 5.75 Å². The van der Waals surface area contributed by atoms with Gasteiger partial charge < -0.3 is 15.0 Å². The first-order valence-corrected chi connectivity index (χ1v) is 12.1. The third kappa shape index (κ3) is 6.41. The van der Waals surface area contributed by atoms with Gasteiger partial charge in [-0.1, -0.05) is 54.1 Å². The number of carbonyl (C=O) groups excluding carboxylic acids is 2. The Balaban J connectivity index is 1.31. The van der Waals surface area contributed by atoms with Crippen LogP contribution in [-0.2, 0) is 11.4 Å². The van der Waals surface area contributed by atoms with Crippen molar-refractivity contribution < 1.29 is 14.3 Å². The topological polar surface area (TPSA) is 61.9 Å². The number of carbonyl (C=O) groups is 2. The van der Waals surface area contributed by atoms with Crippen molar-refractivity contribution in [3.05, 3.63) is 94.0 Å². The zero-order valence-electron chi connectivity index (χ0n) is 20.1. The van der Waals surface area contributed by atoms with Crippen molar-refractivity contribution in [1.82, 2.24) is 9.80 Å². The molecule has 0 unspecified atom stereocenters. The Hall–Kier alpha value is -3.35. The molecular formula is C28H30ClN3O3. The molecule has 1 N–H and O–H groups in total. The van der Waals surface area contributed by atoms with Crippen molar-refractivity contribution in [3.63, 3.8) is 0 Å². The number of piperazine rings is 1. The second-order valence-electron chi connectivity index (χ2n) is 8.79. The highest BCUT2D eigenvalue weighted by Crippen LogP contribution is 2.23. The molecule has 0 radical (unpaired) electrons. The van der Waals surface area contributed by atoms with Crippen LogP contribution < -0.4 is 10.1 Å². The zero-order valence-corrected chi connectivity index (χ0v) is 20.8. The molecule has 6 nitrogen and oxygen atoms in total. The van der Waals surface area contributed by atoms with Gasteiger partial charge in [-0.3, -0.25) is 14.5 Å². The Morgan fingerprint density at radius 2 is 1.54 bits per heavy atom. The Labute approximate surface area is 211 Å². The van der Waals surface area contributed by atoms with Crippen LogP contribution in [0, 0.1) is 13.8 Å². The molecule has 2 amide bonds. The number of nitrogens with one attached hydrogen (secondary N) is 1. The second kappa shape index (κ2) is 11.4. The summed E-state index contributed by atoms with van der Waals surface area (Å²) in [4.78, 5) is 29.8. The van der Waals surface area contributed by atoms with Gasteiger partial charge in [-0.25, -0.2) is 0 Å². The van der Waals surface area contributed by atoms with Gasteiger partial charge in [0.25, 0.3) is 5.91 Å². The molecular weight excluding hydrogens is 462 g/mol. The van der Waals surface area contributed by atoms with Crippen LogP contribution in [0.4, 0.5) is 5.69 Å². The number of benzene rings is 3. The van der Waals surface area contributed by atoms with Gasteiger partial charge in [0.05, 0.1) is 12.1 Å². The molecule has 0 saturated carbocycles. The lowest BCUT2D eigenvalue weighted by Gasteiger charge is -2.34. The number of anilines is 1. The van der Waals surface area contributed by atoms with E-state index in [0.29, 0.717) is 55.7 Å². The predicted molar refractivity (Wildman–Crippen MR) is 139 cm³/mol. The lowest BCUT2D eigenvalue weighted by molar-refractivity contribution is -0.117. The maximum absolute atomic E-state index is 13.3. The molecule has 1 aliphatic heterocycles. The van der Waals surface area contributed by atoms with E-state index in [1.54, 1.807) is 6.07 Å². The van der Waals surface area contributed by atoms with E-state index in [1.807, 2.05) is 79.4 Å². The minimum Gasteiger partial charge on any atom is -0.488 e. The van der Waals surface area contributed by atoms with Crippen LogP contribution in [0.3, 0.4) is 0 Å². The van der Waals surface area contributed by atoms with E-state index in [2.05, 4.69) is 10.2 Å². The van der Waals surface area contributed by atoms with Crippen LogP contribution in [0.25, 0.3) is 0 Å². The maximum atomic E-state index is 13.3. The fourth-order valence-corrected chi connectivity index (χ4v) is 4.31. The van der Waals surface area contributed by atoms with Gasteiger partial charge in [0.1, 0.15) is 12.4 Å². The van der Waals surface area contributed by atoms with E-state index in [4.69, 9.17) is 16.3 Å². The predicted octanol–water partition coefficient (Wildman–Crippen LogP) is 4.93. The van der Waals surface area contributed by atoms with E-state index in [1.165, 1.54) is 0 Å². The smallest absolute Gasteiger partial charge is 0.257 e. The van der Waals surface area contributed by atoms with Gasteiger partial charge >= 0.3 is 0 Å². The molecule has 0 bridgehead atoms. The largest absolute Gasteiger partial charge is 0.488 e. The minimum atomic E-state index is -0.0589. The first-order chi connectivity index (χ1) is 16.9. The first-order valence-electron chi connectivity index (χ1n) is 11.7. The van der Waals surface area contributed by atoms with Crippen molar-refractivity contribution in [2.75, 3.05) is 38.0 Å². The Morgan fingerprint density at radius 1 is 0.886 bits per heavy atom. The standard InChI is InChI=1S/C28H30ClN3O3/c1-20-6-5-7-21(2)27(20)30-26(33)18-31-14-16-32(17-15-31)28(34)24-8-3-4-9-25(24)35-19-22-10-12-23(29)13-11-22/h3-13H,14-19H2,1-2H3,(H,30,33). The van der Waals surface area contributed by atoms with E-state index < -0.39 is 0 Å². The molecule has 1 fully saturated rings. The number of amides is 2. The summed E-state index contributed by atoms with van der Waals surface area (Å²) in [5.74, 6) is 0.460. The Morgan fingerprint density at radius 3 is 2.23 bits per heavy atom. The molecule has 1 saturated heterocycles. The van der Waals surface area contributed by atoms with Gasteiger partial charge in [0.15, 0.2) is 0 Å². The summed E-state index contributed by atoms with van der Waals surface area (Å²) in [6, 6.07) is 20.7. The first kappa shape index (κ1) is 24.8. The second-order valence-corrected chi connectivity index (χ2v) is 9.23. The lowest BCUT2D eigenvalue weighted by atomic mass is 10.1. The molecule has 3 aromatic carbocycles. The average molecular weight is 492 g/mol. The molecule has 1 aliphatic rings. The fraction of sp³-hybridized carbons (Fsp3) is 0.286. The third-order valence-corrected chi connectivity index (χ3v) is 6.45. The molecule has 35 heavy (non-hydrogen) atoms. The molecule has 0 spiro atoms. The summed E-state index contributed by atoms with van der Waals surface area (Å²) >= 11 is 5.95. The summed E-state index contributed by atoms with van der Waals surface area (Å²) in [7, 11) is 0. The number of ether oxygens (including phenoxy) is 1. The average Bonchev–Trinajstić information content (AvgIpc) is 2.86. The maximum Gasteiger partial charge on any atom is 0.257 e. The van der Waals surface area contributed by atoms with E-state index >= 15 is 0 Å². The van der Waals surface area contributed by atoms with E-state index in [-0.39, 0.29) is 11.8 Å². The third-order valence-electron chi connectivity index (χ3n) is 6.20. The summed E-state index contributed by atoms with van der Waals surface area (Å²) in [5, 5.41) is 3.71. The molecule has 0 atom stereocenters. The Kier molecular flexibility index (Phi) is 8.06. The van der Waals surface area contributed by atoms with Gasteiger partial charge in [-0.05, 0) is 54.8 Å². The van der Waals surface area contributed by atoms with E-state index in [0.717, 1.165) is 22.4 Å². The highest BCUT2D eigenvalue weighted by molar-refractivity contribution is 6.30. The highest BCUT2D eigenvalue weighted by Gasteiger charge is 2.25. The van der Waals surface area contributed by atoms with Crippen LogP contribution >= 0.6 is 11.6 Å². The van der Waals surface area contributed by atoms with Gasteiger partial charge in [-0.2, -0.15) is 0 Å². The summed E-state index contributed by atoms with van der Waals surface area (Å²) < 4.78 is 5.97. The summed E-state index contributed by atoms with van der Waals surface area (Å²) in [6.07, 6.45) is 0. The summed E-state index contributed by atoms with van der Waals surface area (Å²) in [5.41, 5.74) is 4.49. The van der Waals surface area contributed by atoms with Crippen molar-refractivity contribution in [1.29, 1.82) is 0 Å². The monoisotopic (exact) mass is 491 g/mol. The SMILES string of the molecule is Cc1cccc(C)c1NC(=O)CN1CCN(C(=O)c2ccccc2OCc2ccc(Cl)cc2)CC1. The molecule has 0 aliphatic carbocycles. The van der Waals surface area contributed by atoms with Crippen molar-refractivity contribution in [2.24, 2.45) is 0 Å². The number of hydrogen-bond acceptors (Lipinski definition) is 4. The normalized spacial score (nSPS) is 14.0. The van der Waals surface area contributed by atoms with E-state index in [9.17, 15) is 9.59 Å². The van der Waals surface area contributed by atoms with Gasteiger partial charge in [0, 0.05) is 36.9 Å². The van der Waals surface area contributed by atoms with Crippen LogP contribution in [0.5, 0.6) is 5.75 Å². The number of rotatable bonds is 7. The molecule has 7 heteroatoms. The van der Waals surface area contributed by atoms with Crippen LogP contribution in [-0.4, -0.2) is 54.3 Å².